The van der Waals surface area contributed by atoms with E-state index in [1.165, 1.54) is 14.0 Å². The average Bonchev–Trinajstić information content (AvgIpc) is 2.69. The van der Waals surface area contributed by atoms with Crippen molar-refractivity contribution in [3.05, 3.63) is 21.8 Å². The Morgan fingerprint density at radius 2 is 1.40 bits per heavy atom. The van der Waals surface area contributed by atoms with Gasteiger partial charge in [-0.3, -0.25) is 14.4 Å². The van der Waals surface area contributed by atoms with Crippen molar-refractivity contribution in [2.24, 2.45) is 0 Å². The summed E-state index contributed by atoms with van der Waals surface area (Å²) in [7, 11) is 1.42. The number of likely N-dealkylation sites (N-methyl/N-ethyl adjacent to an activating group) is 1. The minimum atomic E-state index is -1.15. The number of hydrogen-bond acceptors (Lipinski definition) is 7. The van der Waals surface area contributed by atoms with Crippen LogP contribution in [0.4, 0.5) is 5.69 Å². The van der Waals surface area contributed by atoms with Crippen LogP contribution in [0, 0.1) is 10.7 Å². The summed E-state index contributed by atoms with van der Waals surface area (Å²) in [4.78, 5) is 38.9. The first-order chi connectivity index (χ1) is 14.0. The monoisotopic (exact) mass is 761 g/mol. The first kappa shape index (κ1) is 27.7. The number of halogens is 3. The van der Waals surface area contributed by atoms with E-state index in [4.69, 9.17) is 5.11 Å². The molecule has 30 heavy (non-hydrogen) atoms. The average molecular weight is 761 g/mol. The van der Waals surface area contributed by atoms with Gasteiger partial charge in [0, 0.05) is 23.7 Å². The number of carbonyl (C=O) groups is 3. The maximum Gasteiger partial charge on any atom is 0.253 e. The molecule has 0 heterocycles. The number of nitrogens with one attached hydrogen (secondary N) is 2. The molecule has 0 saturated heterocycles. The van der Waals surface area contributed by atoms with Gasteiger partial charge >= 0.3 is 0 Å². The number of nitrogens with zero attached hydrogens (tertiary/aromatic N) is 1. The van der Waals surface area contributed by atoms with E-state index >= 15 is 0 Å². The van der Waals surface area contributed by atoms with Crippen molar-refractivity contribution in [2.45, 2.75) is 19.1 Å². The van der Waals surface area contributed by atoms with Crippen molar-refractivity contribution in [1.29, 1.82) is 0 Å². The second-order valence-electron chi connectivity index (χ2n) is 6.26. The fraction of sp³-hybridized carbons (Fsp3) is 0.471. The topological polar surface area (TPSA) is 159 Å². The van der Waals surface area contributed by atoms with E-state index in [0.29, 0.717) is 10.7 Å². The molecule has 1 aromatic carbocycles. The summed E-state index contributed by atoms with van der Waals surface area (Å²) in [6.07, 6.45) is -1.94. The molecule has 0 aliphatic carbocycles. The van der Waals surface area contributed by atoms with Crippen LogP contribution >= 0.6 is 67.8 Å². The van der Waals surface area contributed by atoms with Gasteiger partial charge in [0.15, 0.2) is 0 Å². The van der Waals surface area contributed by atoms with Gasteiger partial charge in [-0.1, -0.05) is 0 Å². The normalized spacial score (nSPS) is 12.8. The lowest BCUT2D eigenvalue weighted by atomic mass is 10.1. The Balaban J connectivity index is 3.62. The van der Waals surface area contributed by atoms with Gasteiger partial charge in [0.05, 0.1) is 42.8 Å². The molecule has 0 spiro atoms. The van der Waals surface area contributed by atoms with Crippen molar-refractivity contribution >= 4 is 91.2 Å². The molecule has 3 amide bonds. The zero-order chi connectivity index (χ0) is 23.2. The number of anilines is 1. The van der Waals surface area contributed by atoms with Gasteiger partial charge in [0.2, 0.25) is 0 Å². The Labute approximate surface area is 214 Å². The molecule has 0 radical (unpaired) electrons. The van der Waals surface area contributed by atoms with Crippen LogP contribution in [0.25, 0.3) is 0 Å². The molecule has 1 rings (SSSR count). The molecule has 0 aliphatic heterocycles. The lowest BCUT2D eigenvalue weighted by Gasteiger charge is -2.25. The third-order valence-electron chi connectivity index (χ3n) is 3.86. The summed E-state index contributed by atoms with van der Waals surface area (Å²) in [5.41, 5.74) is 0.514. The molecule has 10 nitrogen and oxygen atoms in total. The number of rotatable bonds is 9. The Morgan fingerprint density at radius 3 is 1.80 bits per heavy atom. The van der Waals surface area contributed by atoms with Crippen LogP contribution in [-0.4, -0.2) is 83.7 Å². The fourth-order valence-electron chi connectivity index (χ4n) is 2.27. The van der Waals surface area contributed by atoms with Gasteiger partial charge in [-0.2, -0.15) is 0 Å². The largest absolute Gasteiger partial charge is 0.394 e. The van der Waals surface area contributed by atoms with Crippen LogP contribution in [-0.2, 0) is 4.79 Å². The van der Waals surface area contributed by atoms with E-state index in [0.717, 1.165) is 4.90 Å². The molecule has 2 atom stereocenters. The van der Waals surface area contributed by atoms with Crippen LogP contribution in [0.2, 0.25) is 0 Å². The van der Waals surface area contributed by atoms with Crippen LogP contribution in [0.3, 0.4) is 0 Å². The number of amides is 3. The highest BCUT2D eigenvalue weighted by atomic mass is 127. The molecule has 0 saturated carbocycles. The standard InChI is InChI=1S/C17H22I3N3O7/c1-7(26)3-21-16(29)10-12(18)11(17(30)22-4-8(27)5-24)14(20)15(13(10)19)23(2)9(28)6-25/h7-8,24-27H,3-6H2,1-2H3,(H,21,29)(H,22,30). The van der Waals surface area contributed by atoms with E-state index in [1.807, 2.05) is 67.8 Å². The third-order valence-corrected chi connectivity index (χ3v) is 7.04. The van der Waals surface area contributed by atoms with E-state index in [2.05, 4.69) is 10.6 Å². The Kier molecular flexibility index (Phi) is 11.7. The summed E-state index contributed by atoms with van der Waals surface area (Å²) in [6.45, 7) is -0.0100. The van der Waals surface area contributed by atoms with Gasteiger partial charge in [0.1, 0.15) is 6.61 Å². The molecule has 168 valence electrons. The molecule has 13 heteroatoms. The minimum Gasteiger partial charge on any atom is -0.394 e. The number of aliphatic hydroxyl groups is 4. The summed E-state index contributed by atoms with van der Waals surface area (Å²) >= 11 is 5.63. The van der Waals surface area contributed by atoms with E-state index in [1.54, 1.807) is 0 Å². The molecular weight excluding hydrogens is 739 g/mol. The van der Waals surface area contributed by atoms with Gasteiger partial charge in [0.25, 0.3) is 17.7 Å². The minimum absolute atomic E-state index is 0.0120. The maximum atomic E-state index is 12.8. The molecular formula is C17H22I3N3O7. The third kappa shape index (κ3) is 6.83. The highest BCUT2D eigenvalue weighted by Gasteiger charge is 2.30. The molecule has 0 fully saturated rings. The zero-order valence-electron chi connectivity index (χ0n) is 16.1. The highest BCUT2D eigenvalue weighted by molar-refractivity contribution is 14.1. The summed E-state index contributed by atoms with van der Waals surface area (Å²) < 4.78 is 1.07. The lowest BCUT2D eigenvalue weighted by Crippen LogP contribution is -2.37. The number of carbonyl (C=O) groups excluding carboxylic acids is 3. The molecule has 0 bridgehead atoms. The smallest absolute Gasteiger partial charge is 0.253 e. The van der Waals surface area contributed by atoms with Crippen LogP contribution in [0.15, 0.2) is 0 Å². The van der Waals surface area contributed by atoms with Crippen molar-refractivity contribution in [1.82, 2.24) is 10.6 Å². The Bertz CT molecular complexity index is 821. The Morgan fingerprint density at radius 1 is 0.933 bits per heavy atom. The molecule has 0 aromatic heterocycles. The van der Waals surface area contributed by atoms with Gasteiger partial charge in [-0.05, 0) is 74.7 Å². The summed E-state index contributed by atoms with van der Waals surface area (Å²) in [6, 6.07) is 0. The lowest BCUT2D eigenvalue weighted by molar-refractivity contribution is -0.121. The zero-order valence-corrected chi connectivity index (χ0v) is 22.6. The molecule has 0 aliphatic rings. The van der Waals surface area contributed by atoms with Crippen molar-refractivity contribution in [3.8, 4) is 0 Å². The highest BCUT2D eigenvalue weighted by Crippen LogP contribution is 2.37. The number of aliphatic hydroxyl groups excluding tert-OH is 4. The van der Waals surface area contributed by atoms with Crippen molar-refractivity contribution in [2.75, 3.05) is 38.3 Å². The van der Waals surface area contributed by atoms with E-state index in [9.17, 15) is 29.7 Å². The first-order valence-electron chi connectivity index (χ1n) is 8.59. The van der Waals surface area contributed by atoms with Crippen LogP contribution in [0.5, 0.6) is 0 Å². The maximum absolute atomic E-state index is 12.8. The number of hydrogen-bond donors (Lipinski definition) is 6. The van der Waals surface area contributed by atoms with Gasteiger partial charge in [-0.25, -0.2) is 0 Å². The van der Waals surface area contributed by atoms with Gasteiger partial charge < -0.3 is 36.0 Å². The predicted octanol–water partition coefficient (Wildman–Crippen LogP) is -0.351. The Hall–Kier alpha value is -0.340. The second kappa shape index (κ2) is 12.6. The number of benzene rings is 1. The second-order valence-corrected chi connectivity index (χ2v) is 9.49. The van der Waals surface area contributed by atoms with Crippen molar-refractivity contribution < 1.29 is 34.8 Å². The summed E-state index contributed by atoms with van der Waals surface area (Å²) in [5.74, 6) is -1.79. The SMILES string of the molecule is CC(O)CNC(=O)c1c(I)c(C(=O)NCC(O)CO)c(I)c(N(C)C(=O)CO)c1I. The quantitative estimate of drug-likeness (QED) is 0.188. The van der Waals surface area contributed by atoms with E-state index < -0.39 is 43.1 Å². The predicted molar refractivity (Wildman–Crippen MR) is 135 cm³/mol. The van der Waals surface area contributed by atoms with Gasteiger partial charge in [-0.15, -0.1) is 0 Å². The molecule has 6 N–H and O–H groups in total. The first-order valence-corrected chi connectivity index (χ1v) is 11.8. The molecule has 2 unspecified atom stereocenters. The summed E-state index contributed by atoms with van der Waals surface area (Å²) in [5, 5.41) is 42.2. The van der Waals surface area contributed by atoms with Crippen LogP contribution < -0.4 is 15.5 Å². The van der Waals surface area contributed by atoms with Crippen molar-refractivity contribution in [3.63, 3.8) is 0 Å². The fourth-order valence-corrected chi connectivity index (χ4v) is 7.14. The van der Waals surface area contributed by atoms with E-state index in [-0.39, 0.29) is 29.9 Å². The molecule has 1 aromatic rings. The van der Waals surface area contributed by atoms with Crippen LogP contribution in [0.1, 0.15) is 27.6 Å².